The van der Waals surface area contributed by atoms with Gasteiger partial charge in [-0.3, -0.25) is 0 Å². The molecule has 0 radical (unpaired) electrons. The summed E-state index contributed by atoms with van der Waals surface area (Å²) in [7, 11) is 1.79. The lowest BCUT2D eigenvalue weighted by Crippen LogP contribution is -2.38. The van der Waals surface area contributed by atoms with Gasteiger partial charge in [0, 0.05) is 19.8 Å². The van der Waals surface area contributed by atoms with Gasteiger partial charge in [-0.25, -0.2) is 0 Å². The summed E-state index contributed by atoms with van der Waals surface area (Å²) in [5.41, 5.74) is 0. The maximum absolute atomic E-state index is 5.11. The lowest BCUT2D eigenvalue weighted by molar-refractivity contribution is 0.149. The number of rotatable bonds is 4. The number of hydrogen-bond donors (Lipinski definition) is 1. The van der Waals surface area contributed by atoms with Crippen molar-refractivity contribution in [3.8, 4) is 0 Å². The van der Waals surface area contributed by atoms with Gasteiger partial charge in [-0.2, -0.15) is 0 Å². The van der Waals surface area contributed by atoms with Gasteiger partial charge in [0.25, 0.3) is 0 Å². The summed E-state index contributed by atoms with van der Waals surface area (Å²) >= 11 is 0. The fourth-order valence-electron chi connectivity index (χ4n) is 2.23. The van der Waals surface area contributed by atoms with E-state index in [0.717, 1.165) is 18.4 Å². The molecule has 13 heavy (non-hydrogen) atoms. The zero-order chi connectivity index (χ0) is 9.68. The Morgan fingerprint density at radius 3 is 2.92 bits per heavy atom. The Morgan fingerprint density at radius 2 is 2.31 bits per heavy atom. The third-order valence-electron chi connectivity index (χ3n) is 3.25. The van der Waals surface area contributed by atoms with Crippen molar-refractivity contribution in [1.82, 2.24) is 5.32 Å². The average molecular weight is 185 g/mol. The Hall–Kier alpha value is -0.0800. The fourth-order valence-corrected chi connectivity index (χ4v) is 2.23. The van der Waals surface area contributed by atoms with Crippen molar-refractivity contribution < 1.29 is 4.74 Å². The van der Waals surface area contributed by atoms with Crippen LogP contribution < -0.4 is 5.32 Å². The second-order valence-electron chi connectivity index (χ2n) is 4.40. The first-order chi connectivity index (χ1) is 6.24. The molecule has 1 rings (SSSR count). The molecular weight excluding hydrogens is 162 g/mol. The van der Waals surface area contributed by atoms with Crippen molar-refractivity contribution in [3.63, 3.8) is 0 Å². The fraction of sp³-hybridized carbons (Fsp3) is 1.00. The molecule has 0 amide bonds. The normalized spacial score (nSPS) is 31.6. The number of nitrogens with one attached hydrogen (secondary N) is 1. The largest absolute Gasteiger partial charge is 0.385 e. The minimum atomic E-state index is 0.712. The summed E-state index contributed by atoms with van der Waals surface area (Å²) in [4.78, 5) is 0. The Labute approximate surface area is 82.0 Å². The molecule has 3 unspecified atom stereocenters. The van der Waals surface area contributed by atoms with Crippen molar-refractivity contribution in [2.24, 2.45) is 11.8 Å². The van der Waals surface area contributed by atoms with Gasteiger partial charge in [0.1, 0.15) is 0 Å². The summed E-state index contributed by atoms with van der Waals surface area (Å²) in [6, 6.07) is 0.712. The third kappa shape index (κ3) is 3.65. The Balaban J connectivity index is 2.24. The minimum absolute atomic E-state index is 0.712. The maximum atomic E-state index is 5.11. The molecule has 1 N–H and O–H groups in total. The van der Waals surface area contributed by atoms with E-state index in [-0.39, 0.29) is 0 Å². The minimum Gasteiger partial charge on any atom is -0.385 e. The number of piperidine rings is 1. The van der Waals surface area contributed by atoms with E-state index in [1.54, 1.807) is 7.11 Å². The highest BCUT2D eigenvalue weighted by Crippen LogP contribution is 2.26. The van der Waals surface area contributed by atoms with Gasteiger partial charge in [0.2, 0.25) is 0 Å². The van der Waals surface area contributed by atoms with Crippen LogP contribution >= 0.6 is 0 Å². The van der Waals surface area contributed by atoms with Gasteiger partial charge in [-0.15, -0.1) is 0 Å². The van der Waals surface area contributed by atoms with Crippen LogP contribution in [0.1, 0.15) is 33.1 Å². The molecule has 2 nitrogen and oxygen atoms in total. The summed E-state index contributed by atoms with van der Waals surface area (Å²) in [5, 5.41) is 3.49. The molecule has 1 heterocycles. The van der Waals surface area contributed by atoms with Gasteiger partial charge < -0.3 is 10.1 Å². The molecule has 2 heteroatoms. The molecule has 0 aliphatic carbocycles. The predicted octanol–water partition coefficient (Wildman–Crippen LogP) is 2.05. The van der Waals surface area contributed by atoms with E-state index in [1.165, 1.54) is 25.8 Å². The molecule has 0 bridgehead atoms. The van der Waals surface area contributed by atoms with Crippen LogP contribution in [0.2, 0.25) is 0 Å². The van der Waals surface area contributed by atoms with Gasteiger partial charge >= 0.3 is 0 Å². The van der Waals surface area contributed by atoms with Crippen molar-refractivity contribution in [2.45, 2.75) is 39.2 Å². The smallest absolute Gasteiger partial charge is 0.0464 e. The van der Waals surface area contributed by atoms with E-state index < -0.39 is 0 Å². The molecule has 1 aliphatic heterocycles. The Bertz CT molecular complexity index is 138. The van der Waals surface area contributed by atoms with Crippen LogP contribution in [-0.4, -0.2) is 26.3 Å². The molecule has 0 aromatic carbocycles. The van der Waals surface area contributed by atoms with Crippen LogP contribution in [0.5, 0.6) is 0 Å². The van der Waals surface area contributed by atoms with Crippen molar-refractivity contribution >= 4 is 0 Å². The predicted molar refractivity (Wildman–Crippen MR) is 55.8 cm³/mol. The first-order valence-electron chi connectivity index (χ1n) is 5.46. The lowest BCUT2D eigenvalue weighted by Gasteiger charge is -2.32. The zero-order valence-corrected chi connectivity index (χ0v) is 9.18. The van der Waals surface area contributed by atoms with Gasteiger partial charge in [0.05, 0.1) is 0 Å². The van der Waals surface area contributed by atoms with E-state index in [4.69, 9.17) is 4.74 Å². The van der Waals surface area contributed by atoms with E-state index in [1.807, 2.05) is 0 Å². The lowest BCUT2D eigenvalue weighted by atomic mass is 9.82. The van der Waals surface area contributed by atoms with Gasteiger partial charge in [0.15, 0.2) is 0 Å². The topological polar surface area (TPSA) is 21.3 Å². The molecule has 0 saturated carbocycles. The molecule has 0 aromatic rings. The third-order valence-corrected chi connectivity index (χ3v) is 3.25. The molecule has 1 fully saturated rings. The van der Waals surface area contributed by atoms with Crippen molar-refractivity contribution in [1.29, 1.82) is 0 Å². The van der Waals surface area contributed by atoms with Gasteiger partial charge in [-0.1, -0.05) is 6.92 Å². The summed E-state index contributed by atoms with van der Waals surface area (Å²) < 4.78 is 5.11. The molecule has 78 valence electrons. The Morgan fingerprint density at radius 1 is 1.54 bits per heavy atom. The molecule has 0 aromatic heterocycles. The van der Waals surface area contributed by atoms with E-state index in [2.05, 4.69) is 19.2 Å². The van der Waals surface area contributed by atoms with Crippen LogP contribution in [0, 0.1) is 11.8 Å². The highest BCUT2D eigenvalue weighted by Gasteiger charge is 2.22. The van der Waals surface area contributed by atoms with Crippen LogP contribution in [0.3, 0.4) is 0 Å². The van der Waals surface area contributed by atoms with E-state index in [9.17, 15) is 0 Å². The molecule has 0 spiro atoms. The standard InChI is InChI=1S/C11H23NO/c1-9(5-7-13-3)11-4-6-12-10(2)8-11/h9-12H,4-8H2,1-3H3. The first-order valence-corrected chi connectivity index (χ1v) is 5.46. The molecule has 1 saturated heterocycles. The van der Waals surface area contributed by atoms with Crippen LogP contribution in [-0.2, 0) is 4.74 Å². The summed E-state index contributed by atoms with van der Waals surface area (Å²) in [6.45, 7) is 6.76. The zero-order valence-electron chi connectivity index (χ0n) is 9.18. The second kappa shape index (κ2) is 5.61. The van der Waals surface area contributed by atoms with Crippen LogP contribution in [0.25, 0.3) is 0 Å². The molecular formula is C11H23NO. The maximum Gasteiger partial charge on any atom is 0.0464 e. The number of methoxy groups -OCH3 is 1. The Kier molecular flexibility index (Phi) is 4.74. The van der Waals surface area contributed by atoms with Crippen LogP contribution in [0.4, 0.5) is 0 Å². The van der Waals surface area contributed by atoms with Crippen LogP contribution in [0.15, 0.2) is 0 Å². The van der Waals surface area contributed by atoms with Crippen molar-refractivity contribution in [2.75, 3.05) is 20.3 Å². The SMILES string of the molecule is COCCC(C)C1CCNC(C)C1. The highest BCUT2D eigenvalue weighted by molar-refractivity contribution is 4.78. The monoisotopic (exact) mass is 185 g/mol. The summed E-state index contributed by atoms with van der Waals surface area (Å²) in [5.74, 6) is 1.73. The highest BCUT2D eigenvalue weighted by atomic mass is 16.5. The van der Waals surface area contributed by atoms with E-state index in [0.29, 0.717) is 6.04 Å². The number of hydrogen-bond acceptors (Lipinski definition) is 2. The molecule has 3 atom stereocenters. The molecule has 1 aliphatic rings. The summed E-state index contributed by atoms with van der Waals surface area (Å²) in [6.07, 6.45) is 3.90. The average Bonchev–Trinajstić information content (AvgIpc) is 2.14. The van der Waals surface area contributed by atoms with Crippen molar-refractivity contribution in [3.05, 3.63) is 0 Å². The number of ether oxygens (including phenoxy) is 1. The van der Waals surface area contributed by atoms with Gasteiger partial charge in [-0.05, 0) is 44.6 Å². The second-order valence-corrected chi connectivity index (χ2v) is 4.40. The first kappa shape index (κ1) is 11.0. The van der Waals surface area contributed by atoms with E-state index >= 15 is 0 Å². The quantitative estimate of drug-likeness (QED) is 0.723.